The van der Waals surface area contributed by atoms with Crippen molar-refractivity contribution >= 4 is 17.4 Å². The largest absolute Gasteiger partial charge is 0.307 e. The quantitative estimate of drug-likeness (QED) is 0.355. The summed E-state index contributed by atoms with van der Waals surface area (Å²) in [6.07, 6.45) is 0.735. The maximum Gasteiger partial charge on any atom is 0.239 e. The van der Waals surface area contributed by atoms with Gasteiger partial charge in [-0.3, -0.25) is 9.59 Å². The molecule has 1 heterocycles. The molecule has 172 valence electrons. The first-order valence-electron chi connectivity index (χ1n) is 12.3. The first-order valence-corrected chi connectivity index (χ1v) is 12.3. The molecule has 6 rings (SSSR count). The van der Waals surface area contributed by atoms with Crippen LogP contribution in [0, 0.1) is 0 Å². The van der Waals surface area contributed by atoms with Crippen molar-refractivity contribution in [3.05, 3.63) is 138 Å². The van der Waals surface area contributed by atoms with Crippen LogP contribution < -0.4 is 4.90 Å². The fraction of sp³-hybridized carbons (Fsp3) is 0.188. The molecule has 0 aromatic heterocycles. The summed E-state index contributed by atoms with van der Waals surface area (Å²) in [6.45, 7) is 0.509. The number of fused-ring (bicyclic) bond motifs is 2. The Morgan fingerprint density at radius 3 is 1.69 bits per heavy atom. The lowest BCUT2D eigenvalue weighted by molar-refractivity contribution is -0.130. The van der Waals surface area contributed by atoms with Gasteiger partial charge in [0.15, 0.2) is 0 Å². The van der Waals surface area contributed by atoms with Crippen molar-refractivity contribution in [1.29, 1.82) is 0 Å². The fourth-order valence-electron chi connectivity index (χ4n) is 6.34. The number of hydrogen-bond acceptors (Lipinski definition) is 2. The number of carbonyl (C=O) groups excluding carboxylic acids is 2. The number of benzene rings is 4. The van der Waals surface area contributed by atoms with E-state index in [9.17, 15) is 9.59 Å². The first kappa shape index (κ1) is 21.5. The monoisotopic (exact) mass is 457 g/mol. The van der Waals surface area contributed by atoms with Gasteiger partial charge in [0, 0.05) is 30.4 Å². The van der Waals surface area contributed by atoms with Crippen molar-refractivity contribution in [3.8, 4) is 0 Å². The third-order valence-corrected chi connectivity index (χ3v) is 7.79. The maximum absolute atomic E-state index is 14.8. The molecule has 1 spiro atoms. The van der Waals surface area contributed by atoms with Gasteiger partial charge in [-0.15, -0.1) is 0 Å². The summed E-state index contributed by atoms with van der Waals surface area (Å²) in [4.78, 5) is 30.0. The Morgan fingerprint density at radius 1 is 0.629 bits per heavy atom. The van der Waals surface area contributed by atoms with Gasteiger partial charge in [-0.1, -0.05) is 109 Å². The molecule has 0 N–H and O–H groups in total. The van der Waals surface area contributed by atoms with Crippen molar-refractivity contribution in [2.24, 2.45) is 0 Å². The highest BCUT2D eigenvalue weighted by Crippen LogP contribution is 2.61. The molecule has 1 aliphatic heterocycles. The molecule has 2 atom stereocenters. The molecule has 4 aromatic carbocycles. The second kappa shape index (κ2) is 8.66. The van der Waals surface area contributed by atoms with Crippen LogP contribution >= 0.6 is 0 Å². The van der Waals surface area contributed by atoms with Crippen LogP contribution in [0.1, 0.15) is 46.9 Å². The third-order valence-electron chi connectivity index (χ3n) is 7.79. The van der Waals surface area contributed by atoms with Crippen LogP contribution in [0.15, 0.2) is 115 Å². The summed E-state index contributed by atoms with van der Waals surface area (Å²) in [5.41, 5.74) is 4.33. The lowest BCUT2D eigenvalue weighted by Gasteiger charge is -2.46. The average molecular weight is 458 g/mol. The van der Waals surface area contributed by atoms with Crippen molar-refractivity contribution in [3.63, 3.8) is 0 Å². The van der Waals surface area contributed by atoms with Crippen molar-refractivity contribution < 1.29 is 9.59 Å². The molecule has 3 heteroatoms. The molecule has 0 saturated heterocycles. The third kappa shape index (κ3) is 3.42. The average Bonchev–Trinajstić information content (AvgIpc) is 3.15. The summed E-state index contributed by atoms with van der Waals surface area (Å²) in [6, 6.07) is 38.6. The van der Waals surface area contributed by atoms with Crippen LogP contribution in [0.4, 0.5) is 5.69 Å². The Hall–Kier alpha value is -3.98. The number of ketones is 1. The minimum Gasteiger partial charge on any atom is -0.307 e. The predicted octanol–water partition coefficient (Wildman–Crippen LogP) is 6.40. The highest BCUT2D eigenvalue weighted by Gasteiger charge is 2.62. The second-order valence-corrected chi connectivity index (χ2v) is 9.64. The predicted molar refractivity (Wildman–Crippen MR) is 138 cm³/mol. The SMILES string of the molecule is O=C1C[C@H](c2ccccc2)C2(C(=O)N(Cc3ccccc3)c3ccccc32)[C@@H](c2ccccc2)C1. The number of Topliss-reactive ketones (excluding diaryl/α,β-unsaturated/α-hetero) is 1. The smallest absolute Gasteiger partial charge is 0.239 e. The minimum atomic E-state index is -0.845. The molecule has 4 aromatic rings. The lowest BCUT2D eigenvalue weighted by atomic mass is 9.54. The molecule has 0 bridgehead atoms. The van der Waals surface area contributed by atoms with E-state index < -0.39 is 5.41 Å². The van der Waals surface area contributed by atoms with Gasteiger partial charge in [0.05, 0.1) is 12.0 Å². The molecule has 1 amide bonds. The van der Waals surface area contributed by atoms with Crippen LogP contribution in [0.3, 0.4) is 0 Å². The lowest BCUT2D eigenvalue weighted by Crippen LogP contribution is -2.52. The van der Waals surface area contributed by atoms with E-state index in [0.29, 0.717) is 19.4 Å². The van der Waals surface area contributed by atoms with Crippen LogP contribution in [0.5, 0.6) is 0 Å². The number of anilines is 1. The number of amides is 1. The van der Waals surface area contributed by atoms with Crippen molar-refractivity contribution in [2.45, 2.75) is 36.6 Å². The van der Waals surface area contributed by atoms with Gasteiger partial charge in [-0.2, -0.15) is 0 Å². The highest BCUT2D eigenvalue weighted by molar-refractivity contribution is 6.11. The van der Waals surface area contributed by atoms with Gasteiger partial charge in [0.1, 0.15) is 5.78 Å². The first-order chi connectivity index (χ1) is 17.2. The Bertz CT molecular complexity index is 1310. The van der Waals surface area contributed by atoms with E-state index in [-0.39, 0.29) is 23.5 Å². The van der Waals surface area contributed by atoms with E-state index in [0.717, 1.165) is 27.9 Å². The molecule has 2 aliphatic rings. The summed E-state index contributed by atoms with van der Waals surface area (Å²) < 4.78 is 0. The highest BCUT2D eigenvalue weighted by atomic mass is 16.2. The molecule has 35 heavy (non-hydrogen) atoms. The van der Waals surface area contributed by atoms with Gasteiger partial charge < -0.3 is 4.90 Å². The zero-order chi connectivity index (χ0) is 23.8. The van der Waals surface area contributed by atoms with Crippen LogP contribution in [0.25, 0.3) is 0 Å². The minimum absolute atomic E-state index is 0.0951. The van der Waals surface area contributed by atoms with Gasteiger partial charge in [0.2, 0.25) is 5.91 Å². The summed E-state index contributed by atoms with van der Waals surface area (Å²) in [7, 11) is 0. The number of para-hydroxylation sites is 1. The molecule has 0 radical (unpaired) electrons. The molecule has 0 unspecified atom stereocenters. The molecular weight excluding hydrogens is 430 g/mol. The normalized spacial score (nSPS) is 20.7. The molecular formula is C32H27NO2. The topological polar surface area (TPSA) is 37.4 Å². The number of nitrogens with zero attached hydrogens (tertiary/aromatic N) is 1. The van der Waals surface area contributed by atoms with E-state index in [2.05, 4.69) is 48.5 Å². The fourth-order valence-corrected chi connectivity index (χ4v) is 6.34. The molecule has 3 nitrogen and oxygen atoms in total. The van der Waals surface area contributed by atoms with Crippen LogP contribution in [-0.4, -0.2) is 11.7 Å². The Balaban J connectivity index is 1.60. The van der Waals surface area contributed by atoms with Crippen molar-refractivity contribution in [2.75, 3.05) is 4.90 Å². The van der Waals surface area contributed by atoms with Gasteiger partial charge in [-0.05, 0) is 28.3 Å². The number of carbonyl (C=O) groups is 2. The molecule has 1 fully saturated rings. The Labute approximate surface area is 206 Å². The summed E-state index contributed by atoms with van der Waals surface area (Å²) >= 11 is 0. The van der Waals surface area contributed by atoms with Gasteiger partial charge in [0.25, 0.3) is 0 Å². The summed E-state index contributed by atoms with van der Waals surface area (Å²) in [5, 5.41) is 0. The van der Waals surface area contributed by atoms with E-state index in [1.807, 2.05) is 71.6 Å². The van der Waals surface area contributed by atoms with Crippen LogP contribution in [-0.2, 0) is 21.5 Å². The van der Waals surface area contributed by atoms with E-state index >= 15 is 0 Å². The zero-order valence-corrected chi connectivity index (χ0v) is 19.5. The van der Waals surface area contributed by atoms with Gasteiger partial charge in [-0.25, -0.2) is 0 Å². The second-order valence-electron chi connectivity index (χ2n) is 9.64. The number of rotatable bonds is 4. The Morgan fingerprint density at radius 2 is 1.11 bits per heavy atom. The van der Waals surface area contributed by atoms with E-state index in [1.54, 1.807) is 0 Å². The standard InChI is InChI=1S/C32H27NO2/c34-26-20-28(24-14-6-2-7-15-24)32(29(21-26)25-16-8-3-9-17-25)27-18-10-11-19-30(27)33(31(32)35)22-23-12-4-1-5-13-23/h1-19,28-29H,20-22H2/t28-,29-/m1/s1. The van der Waals surface area contributed by atoms with Gasteiger partial charge >= 0.3 is 0 Å². The zero-order valence-electron chi connectivity index (χ0n) is 19.5. The van der Waals surface area contributed by atoms with E-state index in [4.69, 9.17) is 0 Å². The number of hydrogen-bond donors (Lipinski definition) is 0. The summed E-state index contributed by atoms with van der Waals surface area (Å²) in [5.74, 6) is -0.156. The maximum atomic E-state index is 14.8. The van der Waals surface area contributed by atoms with Crippen molar-refractivity contribution in [1.82, 2.24) is 0 Å². The van der Waals surface area contributed by atoms with Crippen LogP contribution in [0.2, 0.25) is 0 Å². The molecule has 1 aliphatic carbocycles. The van der Waals surface area contributed by atoms with E-state index in [1.165, 1.54) is 0 Å². The molecule has 1 saturated carbocycles. The Kier molecular flexibility index (Phi) is 5.33.